The molecule has 0 radical (unpaired) electrons. The number of aromatic nitrogens is 1. The van der Waals surface area contributed by atoms with Gasteiger partial charge in [0.15, 0.2) is 6.61 Å². The van der Waals surface area contributed by atoms with Crippen LogP contribution in [-0.2, 0) is 22.3 Å². The Kier molecular flexibility index (Phi) is 7.01. The summed E-state index contributed by atoms with van der Waals surface area (Å²) in [7, 11) is 0. The number of hydrogen-bond acceptors (Lipinski definition) is 6. The van der Waals surface area contributed by atoms with Crippen LogP contribution in [0.5, 0.6) is 0 Å². The number of esters is 1. The van der Waals surface area contributed by atoms with Gasteiger partial charge >= 0.3 is 12.1 Å². The van der Waals surface area contributed by atoms with Gasteiger partial charge in [-0.05, 0) is 23.8 Å². The zero-order chi connectivity index (χ0) is 22.6. The molecule has 0 saturated carbocycles. The summed E-state index contributed by atoms with van der Waals surface area (Å²) in [6.07, 6.45) is -3.80. The Labute approximate surface area is 181 Å². The minimum atomic E-state index is -4.53. The van der Waals surface area contributed by atoms with Crippen molar-refractivity contribution in [2.75, 3.05) is 37.7 Å². The summed E-state index contributed by atoms with van der Waals surface area (Å²) in [6, 6.07) is 6.99. The highest BCUT2D eigenvalue weighted by Gasteiger charge is 2.32. The Morgan fingerprint density at radius 3 is 2.32 bits per heavy atom. The number of amides is 1. The van der Waals surface area contributed by atoms with Crippen molar-refractivity contribution in [2.45, 2.75) is 12.8 Å². The molecule has 1 amide bonds. The zero-order valence-electron chi connectivity index (χ0n) is 16.2. The number of rotatable bonds is 5. The van der Waals surface area contributed by atoms with Crippen LogP contribution in [0, 0.1) is 0 Å². The van der Waals surface area contributed by atoms with Gasteiger partial charge in [0, 0.05) is 32.4 Å². The van der Waals surface area contributed by atoms with Gasteiger partial charge in [0.1, 0.15) is 5.82 Å². The van der Waals surface area contributed by atoms with Crippen molar-refractivity contribution >= 4 is 29.3 Å². The molecule has 0 aliphatic carbocycles. The van der Waals surface area contributed by atoms with Crippen molar-refractivity contribution in [1.82, 2.24) is 9.88 Å². The molecule has 1 aliphatic rings. The first kappa shape index (κ1) is 22.8. The molecule has 11 heteroatoms. The molecule has 2 aromatic rings. The van der Waals surface area contributed by atoms with E-state index in [1.807, 2.05) is 0 Å². The van der Waals surface area contributed by atoms with Gasteiger partial charge in [-0.15, -0.1) is 0 Å². The number of piperazine rings is 1. The molecule has 1 aromatic carbocycles. The standard InChI is InChI=1S/C20H19ClF3N3O4/c21-16-9-15(20(22,23)24)10-25-18(16)27-7-5-26(6-8-27)17(29)12-31-19(30)14-3-1-13(11-28)2-4-14/h1-4,9-10,28H,5-8,11-12H2. The van der Waals surface area contributed by atoms with E-state index in [-0.39, 0.29) is 42.0 Å². The average molecular weight is 458 g/mol. The molecule has 1 fully saturated rings. The maximum atomic E-state index is 12.8. The summed E-state index contributed by atoms with van der Waals surface area (Å²) >= 11 is 5.97. The third kappa shape index (κ3) is 5.65. The highest BCUT2D eigenvalue weighted by molar-refractivity contribution is 6.33. The number of carbonyl (C=O) groups is 2. The molecule has 2 heterocycles. The third-order valence-electron chi connectivity index (χ3n) is 4.78. The van der Waals surface area contributed by atoms with E-state index >= 15 is 0 Å². The van der Waals surface area contributed by atoms with Crippen LogP contribution in [0.25, 0.3) is 0 Å². The number of ether oxygens (including phenoxy) is 1. The lowest BCUT2D eigenvalue weighted by atomic mass is 10.1. The Morgan fingerprint density at radius 2 is 1.77 bits per heavy atom. The summed E-state index contributed by atoms with van der Waals surface area (Å²) in [4.78, 5) is 31.4. The predicted octanol–water partition coefficient (Wildman–Crippen LogP) is 2.75. The molecule has 1 aromatic heterocycles. The molecule has 1 saturated heterocycles. The first-order valence-corrected chi connectivity index (χ1v) is 9.69. The van der Waals surface area contributed by atoms with Crippen molar-refractivity contribution in [1.29, 1.82) is 0 Å². The molecule has 0 spiro atoms. The van der Waals surface area contributed by atoms with Crippen molar-refractivity contribution in [2.24, 2.45) is 0 Å². The van der Waals surface area contributed by atoms with Gasteiger partial charge in [0.25, 0.3) is 5.91 Å². The fourth-order valence-electron chi connectivity index (χ4n) is 3.03. The van der Waals surface area contributed by atoms with E-state index in [0.717, 1.165) is 12.3 Å². The van der Waals surface area contributed by atoms with Crippen LogP contribution in [0.1, 0.15) is 21.5 Å². The number of aliphatic hydroxyl groups is 1. The van der Waals surface area contributed by atoms with Gasteiger partial charge in [0.05, 0.1) is 22.8 Å². The fourth-order valence-corrected chi connectivity index (χ4v) is 3.32. The normalized spacial score (nSPS) is 14.5. The fraction of sp³-hybridized carbons (Fsp3) is 0.350. The zero-order valence-corrected chi connectivity index (χ0v) is 17.0. The maximum absolute atomic E-state index is 12.8. The Balaban J connectivity index is 1.51. The van der Waals surface area contributed by atoms with Crippen LogP contribution >= 0.6 is 11.6 Å². The van der Waals surface area contributed by atoms with E-state index in [1.165, 1.54) is 17.0 Å². The monoisotopic (exact) mass is 457 g/mol. The minimum Gasteiger partial charge on any atom is -0.452 e. The van der Waals surface area contributed by atoms with E-state index in [2.05, 4.69) is 4.98 Å². The van der Waals surface area contributed by atoms with Crippen molar-refractivity contribution < 1.29 is 32.6 Å². The number of nitrogens with zero attached hydrogens (tertiary/aromatic N) is 3. The maximum Gasteiger partial charge on any atom is 0.417 e. The quantitative estimate of drug-likeness (QED) is 0.695. The second-order valence-electron chi connectivity index (χ2n) is 6.83. The van der Waals surface area contributed by atoms with Crippen molar-refractivity contribution in [3.8, 4) is 0 Å². The lowest BCUT2D eigenvalue weighted by Crippen LogP contribution is -2.50. The Morgan fingerprint density at radius 1 is 1.13 bits per heavy atom. The van der Waals surface area contributed by atoms with E-state index in [1.54, 1.807) is 17.0 Å². The number of anilines is 1. The van der Waals surface area contributed by atoms with Crippen molar-refractivity contribution in [3.63, 3.8) is 0 Å². The van der Waals surface area contributed by atoms with Gasteiger partial charge in [-0.1, -0.05) is 23.7 Å². The Bertz CT molecular complexity index is 946. The smallest absolute Gasteiger partial charge is 0.417 e. The lowest BCUT2D eigenvalue weighted by molar-refractivity contribution is -0.138. The van der Waals surface area contributed by atoms with Gasteiger partial charge in [-0.25, -0.2) is 9.78 Å². The number of pyridine rings is 1. The first-order valence-electron chi connectivity index (χ1n) is 9.31. The SMILES string of the molecule is O=C(OCC(=O)N1CCN(c2ncc(C(F)(F)F)cc2Cl)CC1)c1ccc(CO)cc1. The predicted molar refractivity (Wildman–Crippen MR) is 106 cm³/mol. The highest BCUT2D eigenvalue weighted by Crippen LogP contribution is 2.33. The lowest BCUT2D eigenvalue weighted by Gasteiger charge is -2.35. The number of carbonyl (C=O) groups excluding carboxylic acids is 2. The van der Waals surface area contributed by atoms with Gasteiger partial charge < -0.3 is 19.6 Å². The van der Waals surface area contributed by atoms with E-state index in [0.29, 0.717) is 18.7 Å². The van der Waals surface area contributed by atoms with Crippen LogP contribution in [0.15, 0.2) is 36.5 Å². The topological polar surface area (TPSA) is 83.0 Å². The molecule has 0 atom stereocenters. The molecule has 166 valence electrons. The summed E-state index contributed by atoms with van der Waals surface area (Å²) in [5.41, 5.74) is -0.0196. The van der Waals surface area contributed by atoms with Gasteiger partial charge in [0.2, 0.25) is 0 Å². The van der Waals surface area contributed by atoms with Crippen molar-refractivity contribution in [3.05, 3.63) is 58.2 Å². The van der Waals surface area contributed by atoms with E-state index in [9.17, 15) is 22.8 Å². The number of benzene rings is 1. The second kappa shape index (κ2) is 9.52. The molecule has 1 aliphatic heterocycles. The van der Waals surface area contributed by atoms with Crippen LogP contribution in [0.2, 0.25) is 5.02 Å². The molecule has 1 N–H and O–H groups in total. The van der Waals surface area contributed by atoms with Gasteiger partial charge in [-0.2, -0.15) is 13.2 Å². The minimum absolute atomic E-state index is 0.115. The number of hydrogen-bond donors (Lipinski definition) is 1. The van der Waals surface area contributed by atoms with E-state index < -0.39 is 24.3 Å². The summed E-state index contributed by atoms with van der Waals surface area (Å²) in [5, 5.41) is 8.90. The largest absolute Gasteiger partial charge is 0.452 e. The molecular formula is C20H19ClF3N3O4. The average Bonchev–Trinajstić information content (AvgIpc) is 2.76. The highest BCUT2D eigenvalue weighted by atomic mass is 35.5. The van der Waals surface area contributed by atoms with Crippen LogP contribution in [0.4, 0.5) is 19.0 Å². The third-order valence-corrected chi connectivity index (χ3v) is 5.06. The van der Waals surface area contributed by atoms with Gasteiger partial charge in [-0.3, -0.25) is 4.79 Å². The molecule has 7 nitrogen and oxygen atoms in total. The second-order valence-corrected chi connectivity index (χ2v) is 7.23. The number of halogens is 4. The number of alkyl halides is 3. The molecule has 0 unspecified atom stereocenters. The summed E-state index contributed by atoms with van der Waals surface area (Å²) in [6.45, 7) is 0.620. The Hall–Kier alpha value is -2.85. The molecular weight excluding hydrogens is 439 g/mol. The van der Waals surface area contributed by atoms with Crippen LogP contribution in [-0.4, -0.2) is 59.7 Å². The van der Waals surface area contributed by atoms with Crippen LogP contribution < -0.4 is 4.90 Å². The van der Waals surface area contributed by atoms with Crippen LogP contribution in [0.3, 0.4) is 0 Å². The first-order chi connectivity index (χ1) is 14.7. The number of aliphatic hydroxyl groups excluding tert-OH is 1. The van der Waals surface area contributed by atoms with E-state index in [4.69, 9.17) is 21.4 Å². The summed E-state index contributed by atoms with van der Waals surface area (Å²) < 4.78 is 43.3. The molecule has 0 bridgehead atoms. The molecule has 31 heavy (non-hydrogen) atoms. The summed E-state index contributed by atoms with van der Waals surface area (Å²) in [5.74, 6) is -0.816. The molecule has 3 rings (SSSR count).